The Bertz CT molecular complexity index is 501. The van der Waals surface area contributed by atoms with E-state index in [9.17, 15) is 8.78 Å². The molecule has 0 aliphatic rings. The Balaban J connectivity index is 2.31. The van der Waals surface area contributed by atoms with Crippen LogP contribution in [0.25, 0.3) is 10.6 Å². The summed E-state index contributed by atoms with van der Waals surface area (Å²) in [6, 6.07) is 3.66. The number of alkyl halides is 1. The Labute approximate surface area is 99.9 Å². The normalized spacial score (nSPS) is 10.7. The fraction of sp³-hybridized carbons (Fsp3) is 0.200. The first-order chi connectivity index (χ1) is 7.70. The lowest BCUT2D eigenvalue weighted by Gasteiger charge is -1.96. The number of nitrogens with zero attached hydrogens (tertiary/aromatic N) is 2. The molecule has 0 aliphatic heterocycles. The van der Waals surface area contributed by atoms with Crippen molar-refractivity contribution in [3.05, 3.63) is 34.8 Å². The molecule has 0 amide bonds. The van der Waals surface area contributed by atoms with Crippen molar-refractivity contribution in [2.24, 2.45) is 0 Å². The van der Waals surface area contributed by atoms with Gasteiger partial charge in [0.1, 0.15) is 10.0 Å². The quantitative estimate of drug-likeness (QED) is 0.792. The molecular weight excluding hydrogens is 254 g/mol. The van der Waals surface area contributed by atoms with Crippen LogP contribution in [0.5, 0.6) is 0 Å². The van der Waals surface area contributed by atoms with Crippen molar-refractivity contribution in [3.63, 3.8) is 0 Å². The zero-order valence-electron chi connectivity index (χ0n) is 8.08. The zero-order valence-corrected chi connectivity index (χ0v) is 9.66. The maximum Gasteiger partial charge on any atom is 0.159 e. The van der Waals surface area contributed by atoms with Crippen LogP contribution in [-0.2, 0) is 6.42 Å². The van der Waals surface area contributed by atoms with Crippen molar-refractivity contribution in [3.8, 4) is 10.6 Å². The molecule has 0 unspecified atom stereocenters. The highest BCUT2D eigenvalue weighted by Crippen LogP contribution is 2.25. The van der Waals surface area contributed by atoms with E-state index in [2.05, 4.69) is 10.2 Å². The summed E-state index contributed by atoms with van der Waals surface area (Å²) < 4.78 is 25.7. The van der Waals surface area contributed by atoms with Crippen LogP contribution in [0.4, 0.5) is 8.78 Å². The van der Waals surface area contributed by atoms with Crippen molar-refractivity contribution in [1.82, 2.24) is 10.2 Å². The highest BCUT2D eigenvalue weighted by atomic mass is 35.5. The van der Waals surface area contributed by atoms with Gasteiger partial charge in [0, 0.05) is 17.9 Å². The van der Waals surface area contributed by atoms with Crippen molar-refractivity contribution in [1.29, 1.82) is 0 Å². The predicted octanol–water partition coefficient (Wildman–Crippen LogP) is 3.26. The number of aryl methyl sites for hydroxylation is 1. The second-order valence-corrected chi connectivity index (χ2v) is 4.51. The van der Waals surface area contributed by atoms with E-state index >= 15 is 0 Å². The summed E-state index contributed by atoms with van der Waals surface area (Å²) in [7, 11) is 0. The van der Waals surface area contributed by atoms with Crippen LogP contribution in [0.3, 0.4) is 0 Å². The fourth-order valence-electron chi connectivity index (χ4n) is 1.18. The van der Waals surface area contributed by atoms with Crippen LogP contribution in [0.1, 0.15) is 5.01 Å². The topological polar surface area (TPSA) is 25.8 Å². The SMILES string of the molecule is Fc1ccc(-c2nnc(CCCl)s2)cc1F. The van der Waals surface area contributed by atoms with Gasteiger partial charge in [0.2, 0.25) is 0 Å². The van der Waals surface area contributed by atoms with E-state index in [1.54, 1.807) is 0 Å². The summed E-state index contributed by atoms with van der Waals surface area (Å²) in [6.07, 6.45) is 0.628. The number of benzene rings is 1. The van der Waals surface area contributed by atoms with Crippen LogP contribution < -0.4 is 0 Å². The molecule has 84 valence electrons. The predicted molar refractivity (Wildman–Crippen MR) is 59.7 cm³/mol. The molecule has 0 saturated heterocycles. The minimum atomic E-state index is -0.883. The molecule has 0 atom stereocenters. The van der Waals surface area contributed by atoms with Crippen LogP contribution in [0, 0.1) is 11.6 Å². The summed E-state index contributed by atoms with van der Waals surface area (Å²) >= 11 is 6.90. The minimum Gasteiger partial charge on any atom is -0.204 e. The van der Waals surface area contributed by atoms with Crippen LogP contribution in [-0.4, -0.2) is 16.1 Å². The molecule has 6 heteroatoms. The molecule has 0 spiro atoms. The van der Waals surface area contributed by atoms with Crippen molar-refractivity contribution < 1.29 is 8.78 Å². The molecular formula is C10H7ClF2N2S. The van der Waals surface area contributed by atoms with Gasteiger partial charge in [-0.3, -0.25) is 0 Å². The Morgan fingerprint density at radius 2 is 2.00 bits per heavy atom. The van der Waals surface area contributed by atoms with E-state index in [1.807, 2.05) is 0 Å². The summed E-state index contributed by atoms with van der Waals surface area (Å²) in [5, 5.41) is 9.15. The monoisotopic (exact) mass is 260 g/mol. The van der Waals surface area contributed by atoms with Gasteiger partial charge in [0.05, 0.1) is 0 Å². The number of rotatable bonds is 3. The second-order valence-electron chi connectivity index (χ2n) is 3.07. The molecule has 1 aromatic carbocycles. The first-order valence-corrected chi connectivity index (χ1v) is 5.89. The Morgan fingerprint density at radius 1 is 1.19 bits per heavy atom. The number of halogens is 3. The maximum atomic E-state index is 13.0. The number of hydrogen-bond acceptors (Lipinski definition) is 3. The molecule has 1 heterocycles. The standard InChI is InChI=1S/C10H7ClF2N2S/c11-4-3-9-14-15-10(16-9)6-1-2-7(12)8(13)5-6/h1-2,5H,3-4H2. The molecule has 0 bridgehead atoms. The Morgan fingerprint density at radius 3 is 2.69 bits per heavy atom. The van der Waals surface area contributed by atoms with Gasteiger partial charge in [-0.05, 0) is 18.2 Å². The van der Waals surface area contributed by atoms with E-state index in [4.69, 9.17) is 11.6 Å². The van der Waals surface area contributed by atoms with Gasteiger partial charge in [-0.15, -0.1) is 21.8 Å². The Hall–Kier alpha value is -1.07. The highest BCUT2D eigenvalue weighted by Gasteiger charge is 2.09. The molecule has 16 heavy (non-hydrogen) atoms. The fourth-order valence-corrected chi connectivity index (χ4v) is 2.31. The van der Waals surface area contributed by atoms with Crippen molar-refractivity contribution >= 4 is 22.9 Å². The highest BCUT2D eigenvalue weighted by molar-refractivity contribution is 7.14. The third-order valence-corrected chi connectivity index (χ3v) is 3.16. The molecule has 1 aromatic heterocycles. The summed E-state index contributed by atoms with van der Waals surface area (Å²) in [5.41, 5.74) is 0.525. The average Bonchev–Trinajstić information content (AvgIpc) is 2.71. The van der Waals surface area contributed by atoms with E-state index < -0.39 is 11.6 Å². The van der Waals surface area contributed by atoms with Crippen LogP contribution >= 0.6 is 22.9 Å². The van der Waals surface area contributed by atoms with Gasteiger partial charge < -0.3 is 0 Å². The smallest absolute Gasteiger partial charge is 0.159 e. The van der Waals surface area contributed by atoms with Gasteiger partial charge in [-0.2, -0.15) is 0 Å². The lowest BCUT2D eigenvalue weighted by molar-refractivity contribution is 0.509. The first kappa shape index (κ1) is 11.4. The van der Waals surface area contributed by atoms with Gasteiger partial charge in [0.15, 0.2) is 11.6 Å². The third kappa shape index (κ3) is 2.36. The first-order valence-electron chi connectivity index (χ1n) is 4.54. The molecule has 2 nitrogen and oxygen atoms in total. The summed E-state index contributed by atoms with van der Waals surface area (Å²) in [5.74, 6) is -1.28. The second kappa shape index (κ2) is 4.84. The van der Waals surface area contributed by atoms with Gasteiger partial charge in [-0.25, -0.2) is 8.78 Å². The average molecular weight is 261 g/mol. The lowest BCUT2D eigenvalue weighted by Crippen LogP contribution is -1.85. The van der Waals surface area contributed by atoms with E-state index in [0.717, 1.165) is 17.1 Å². The van der Waals surface area contributed by atoms with Crippen molar-refractivity contribution in [2.75, 3.05) is 5.88 Å². The molecule has 0 N–H and O–H groups in total. The Kier molecular flexibility index (Phi) is 3.46. The number of aromatic nitrogens is 2. The van der Waals surface area contributed by atoms with Gasteiger partial charge in [0.25, 0.3) is 0 Å². The van der Waals surface area contributed by atoms with Crippen LogP contribution in [0.15, 0.2) is 18.2 Å². The zero-order chi connectivity index (χ0) is 11.5. The third-order valence-electron chi connectivity index (χ3n) is 1.94. The maximum absolute atomic E-state index is 13.0. The van der Waals surface area contributed by atoms with Gasteiger partial charge in [-0.1, -0.05) is 11.3 Å². The molecule has 0 radical (unpaired) electrons. The summed E-state index contributed by atoms with van der Waals surface area (Å²) in [6.45, 7) is 0. The molecule has 2 rings (SSSR count). The largest absolute Gasteiger partial charge is 0.204 e. The molecule has 0 fully saturated rings. The van der Waals surface area contributed by atoms with E-state index in [0.29, 0.717) is 22.9 Å². The van der Waals surface area contributed by atoms with E-state index in [1.165, 1.54) is 17.4 Å². The van der Waals surface area contributed by atoms with E-state index in [-0.39, 0.29) is 0 Å². The van der Waals surface area contributed by atoms with Gasteiger partial charge >= 0.3 is 0 Å². The molecule has 2 aromatic rings. The van der Waals surface area contributed by atoms with Crippen LogP contribution in [0.2, 0.25) is 0 Å². The molecule has 0 saturated carbocycles. The van der Waals surface area contributed by atoms with Crippen molar-refractivity contribution in [2.45, 2.75) is 6.42 Å². The lowest BCUT2D eigenvalue weighted by atomic mass is 10.2. The summed E-state index contributed by atoms with van der Waals surface area (Å²) in [4.78, 5) is 0. The molecule has 0 aliphatic carbocycles. The number of hydrogen-bond donors (Lipinski definition) is 0. The minimum absolute atomic E-state index is 0.465.